The maximum absolute atomic E-state index is 12.7. The van der Waals surface area contributed by atoms with Crippen molar-refractivity contribution in [1.82, 2.24) is 9.88 Å². The summed E-state index contributed by atoms with van der Waals surface area (Å²) in [7, 11) is 0. The summed E-state index contributed by atoms with van der Waals surface area (Å²) < 4.78 is 7.62. The largest absolute Gasteiger partial charge is 0.376 e. The highest BCUT2D eigenvalue weighted by atomic mass is 16.5. The van der Waals surface area contributed by atoms with Gasteiger partial charge in [-0.2, -0.15) is 0 Å². The molecule has 0 aliphatic carbocycles. The van der Waals surface area contributed by atoms with Crippen molar-refractivity contribution in [3.8, 4) is 0 Å². The highest BCUT2D eigenvalue weighted by molar-refractivity contribution is 6.35. The third-order valence-electron chi connectivity index (χ3n) is 6.13. The summed E-state index contributed by atoms with van der Waals surface area (Å²) in [6.45, 7) is 3.55. The van der Waals surface area contributed by atoms with Crippen LogP contribution in [0.2, 0.25) is 0 Å². The molecule has 2 aliphatic rings. The van der Waals surface area contributed by atoms with Gasteiger partial charge >= 0.3 is 0 Å². The number of hydrogen-bond acceptors (Lipinski definition) is 3. The van der Waals surface area contributed by atoms with Gasteiger partial charge in [-0.1, -0.05) is 36.4 Å². The molecule has 5 rings (SSSR count). The van der Waals surface area contributed by atoms with Crippen molar-refractivity contribution in [1.29, 1.82) is 0 Å². The number of carbonyl (C=O) groups is 2. The number of para-hydroxylation sites is 2. The molecule has 1 fully saturated rings. The summed E-state index contributed by atoms with van der Waals surface area (Å²) in [5.74, 6) is -0.144. The monoisotopic (exact) mass is 415 g/mol. The number of fused-ring (bicyclic) bond motifs is 2. The van der Waals surface area contributed by atoms with Crippen LogP contribution < -0.4 is 10.6 Å². The molecule has 2 aromatic carbocycles. The van der Waals surface area contributed by atoms with E-state index in [9.17, 15) is 9.59 Å². The molecule has 1 aromatic heterocycles. The number of aromatic nitrogens is 1. The quantitative estimate of drug-likeness (QED) is 0.624. The Morgan fingerprint density at radius 2 is 2.03 bits per heavy atom. The van der Waals surface area contributed by atoms with Crippen molar-refractivity contribution in [2.24, 2.45) is 0 Å². The maximum atomic E-state index is 12.7. The van der Waals surface area contributed by atoms with Crippen molar-refractivity contribution >= 4 is 40.1 Å². The first-order valence-electron chi connectivity index (χ1n) is 10.7. The Labute approximate surface area is 180 Å². The second-order valence-corrected chi connectivity index (χ2v) is 8.10. The summed E-state index contributed by atoms with van der Waals surface area (Å²) in [5, 5.41) is 6.96. The van der Waals surface area contributed by atoms with E-state index >= 15 is 0 Å². The van der Waals surface area contributed by atoms with Crippen molar-refractivity contribution in [2.45, 2.75) is 32.4 Å². The summed E-state index contributed by atoms with van der Waals surface area (Å²) in [6, 6.07) is 15.7. The van der Waals surface area contributed by atoms with Crippen LogP contribution in [0.15, 0.2) is 48.5 Å². The van der Waals surface area contributed by atoms with Crippen LogP contribution in [0.1, 0.15) is 29.7 Å². The number of nitrogens with zero attached hydrogens (tertiary/aromatic N) is 1. The van der Waals surface area contributed by atoms with Gasteiger partial charge in [0.1, 0.15) is 6.54 Å². The average Bonchev–Trinajstić information content (AvgIpc) is 3.47. The van der Waals surface area contributed by atoms with Gasteiger partial charge in [-0.05, 0) is 38.0 Å². The molecule has 0 bridgehead atoms. The summed E-state index contributed by atoms with van der Waals surface area (Å²) >= 11 is 0. The molecule has 6 heteroatoms. The van der Waals surface area contributed by atoms with E-state index in [1.807, 2.05) is 66.1 Å². The SMILES string of the molecule is Cc1c(/C=C2/C(=O)Nc3ccccc32)c2ccccc2n1CC(=O)NCC1CCCO1. The first-order valence-corrected chi connectivity index (χ1v) is 10.7. The number of nitrogens with one attached hydrogen (secondary N) is 2. The average molecular weight is 415 g/mol. The van der Waals surface area contributed by atoms with Crippen LogP contribution in [0.5, 0.6) is 0 Å². The first-order chi connectivity index (χ1) is 15.1. The molecule has 3 heterocycles. The minimum absolute atomic E-state index is 0.0393. The van der Waals surface area contributed by atoms with Crippen LogP contribution in [0, 0.1) is 6.92 Å². The van der Waals surface area contributed by atoms with E-state index < -0.39 is 0 Å². The molecule has 2 amide bonds. The van der Waals surface area contributed by atoms with E-state index in [4.69, 9.17) is 4.74 Å². The Morgan fingerprint density at radius 3 is 2.87 bits per heavy atom. The second-order valence-electron chi connectivity index (χ2n) is 8.10. The van der Waals surface area contributed by atoms with E-state index in [2.05, 4.69) is 10.6 Å². The highest BCUT2D eigenvalue weighted by Gasteiger charge is 2.25. The van der Waals surface area contributed by atoms with E-state index in [-0.39, 0.29) is 24.5 Å². The van der Waals surface area contributed by atoms with Gasteiger partial charge in [0, 0.05) is 52.1 Å². The third-order valence-corrected chi connectivity index (χ3v) is 6.13. The standard InChI is InChI=1S/C25H25N3O3/c1-16-20(13-21-18-8-2-4-10-22(18)27-25(21)30)19-9-3-5-11-23(19)28(16)15-24(29)26-14-17-7-6-12-31-17/h2-5,8-11,13,17H,6-7,12,14-15H2,1H3,(H,26,29)(H,27,30)/b21-13+. The molecule has 2 N–H and O–H groups in total. The number of rotatable bonds is 5. The lowest BCUT2D eigenvalue weighted by atomic mass is 10.0. The lowest BCUT2D eigenvalue weighted by Crippen LogP contribution is -2.34. The second kappa shape index (κ2) is 8.04. The van der Waals surface area contributed by atoms with Crippen LogP contribution in [-0.2, 0) is 20.9 Å². The predicted octanol–water partition coefficient (Wildman–Crippen LogP) is 3.74. The van der Waals surface area contributed by atoms with E-state index in [1.165, 1.54) is 0 Å². The third kappa shape index (κ3) is 3.64. The zero-order chi connectivity index (χ0) is 21.4. The Balaban J connectivity index is 1.48. The summed E-state index contributed by atoms with van der Waals surface area (Å²) in [4.78, 5) is 25.3. The van der Waals surface area contributed by atoms with Crippen LogP contribution in [0.4, 0.5) is 5.69 Å². The molecule has 0 saturated carbocycles. The Bertz CT molecular complexity index is 1200. The summed E-state index contributed by atoms with van der Waals surface area (Å²) in [5.41, 5.74) is 5.27. The number of anilines is 1. The van der Waals surface area contributed by atoms with Gasteiger partial charge in [0.15, 0.2) is 0 Å². The molecule has 6 nitrogen and oxygen atoms in total. The fourth-order valence-corrected chi connectivity index (χ4v) is 4.50. The molecule has 1 atom stereocenters. The number of benzene rings is 2. The van der Waals surface area contributed by atoms with Crippen molar-refractivity contribution in [3.63, 3.8) is 0 Å². The van der Waals surface area contributed by atoms with Gasteiger partial charge in [-0.3, -0.25) is 9.59 Å². The van der Waals surface area contributed by atoms with Crippen LogP contribution in [-0.4, -0.2) is 35.6 Å². The van der Waals surface area contributed by atoms with Gasteiger partial charge in [-0.25, -0.2) is 0 Å². The first kappa shape index (κ1) is 19.6. The molecule has 2 aliphatic heterocycles. The number of amides is 2. The van der Waals surface area contributed by atoms with Crippen molar-refractivity contribution in [3.05, 3.63) is 65.4 Å². The van der Waals surface area contributed by atoms with E-state index in [1.54, 1.807) is 0 Å². The zero-order valence-electron chi connectivity index (χ0n) is 17.5. The molecule has 0 spiro atoms. The minimum Gasteiger partial charge on any atom is -0.376 e. The topological polar surface area (TPSA) is 72.4 Å². The number of carbonyl (C=O) groups excluding carboxylic acids is 2. The fourth-order valence-electron chi connectivity index (χ4n) is 4.50. The summed E-state index contributed by atoms with van der Waals surface area (Å²) in [6.07, 6.45) is 4.11. The van der Waals surface area contributed by atoms with E-state index in [0.29, 0.717) is 12.1 Å². The van der Waals surface area contributed by atoms with Gasteiger partial charge in [0.25, 0.3) is 5.91 Å². The normalized spacial score (nSPS) is 19.1. The van der Waals surface area contributed by atoms with Gasteiger partial charge in [0.2, 0.25) is 5.91 Å². The predicted molar refractivity (Wildman–Crippen MR) is 122 cm³/mol. The molecular formula is C25H25N3O3. The Hall–Kier alpha value is -3.38. The lowest BCUT2D eigenvalue weighted by Gasteiger charge is -2.12. The van der Waals surface area contributed by atoms with Gasteiger partial charge < -0.3 is 19.9 Å². The number of ether oxygens (including phenoxy) is 1. The molecule has 1 unspecified atom stereocenters. The number of hydrogen-bond donors (Lipinski definition) is 2. The molecule has 31 heavy (non-hydrogen) atoms. The minimum atomic E-state index is -0.105. The molecule has 1 saturated heterocycles. The highest BCUT2D eigenvalue weighted by Crippen LogP contribution is 2.35. The smallest absolute Gasteiger partial charge is 0.256 e. The van der Waals surface area contributed by atoms with Crippen molar-refractivity contribution < 1.29 is 14.3 Å². The van der Waals surface area contributed by atoms with Crippen molar-refractivity contribution in [2.75, 3.05) is 18.5 Å². The van der Waals surface area contributed by atoms with Crippen LogP contribution in [0.3, 0.4) is 0 Å². The van der Waals surface area contributed by atoms with Crippen LogP contribution in [0.25, 0.3) is 22.6 Å². The lowest BCUT2D eigenvalue weighted by molar-refractivity contribution is -0.122. The molecule has 158 valence electrons. The van der Waals surface area contributed by atoms with E-state index in [0.717, 1.165) is 52.9 Å². The van der Waals surface area contributed by atoms with Crippen LogP contribution >= 0.6 is 0 Å². The van der Waals surface area contributed by atoms with Gasteiger partial charge in [-0.15, -0.1) is 0 Å². The zero-order valence-corrected chi connectivity index (χ0v) is 17.5. The molecule has 0 radical (unpaired) electrons. The Kier molecular flexibility index (Phi) is 5.08. The molecular weight excluding hydrogens is 390 g/mol. The van der Waals surface area contributed by atoms with Gasteiger partial charge in [0.05, 0.1) is 6.10 Å². The maximum Gasteiger partial charge on any atom is 0.256 e. The fraction of sp³-hybridized carbons (Fsp3) is 0.280. The Morgan fingerprint density at radius 1 is 1.23 bits per heavy atom. The molecule has 3 aromatic rings.